The van der Waals surface area contributed by atoms with Crippen LogP contribution < -0.4 is 0 Å². The maximum atomic E-state index is 4.67. The molecule has 0 saturated heterocycles. The Balaban J connectivity index is 1.97. The predicted octanol–water partition coefficient (Wildman–Crippen LogP) is 6.02. The monoisotopic (exact) mass is 301 g/mol. The summed E-state index contributed by atoms with van der Waals surface area (Å²) in [5.41, 5.74) is 7.33. The van der Waals surface area contributed by atoms with Gasteiger partial charge in [-0.3, -0.25) is 4.98 Å². The molecule has 0 aliphatic carbocycles. The van der Waals surface area contributed by atoms with Gasteiger partial charge in [-0.2, -0.15) is 0 Å². The van der Waals surface area contributed by atoms with E-state index in [4.69, 9.17) is 0 Å². The number of aryl methyl sites for hydroxylation is 1. The molecule has 0 saturated carbocycles. The van der Waals surface area contributed by atoms with Gasteiger partial charge in [-0.05, 0) is 41.2 Å². The minimum absolute atomic E-state index is 0.134. The predicted molar refractivity (Wildman–Crippen MR) is 98.5 cm³/mol. The van der Waals surface area contributed by atoms with Crippen molar-refractivity contribution in [1.29, 1.82) is 0 Å². The lowest BCUT2D eigenvalue weighted by molar-refractivity contribution is 0.587. The molecule has 3 rings (SSSR count). The molecular formula is C22H23N. The first-order valence-corrected chi connectivity index (χ1v) is 8.07. The second kappa shape index (κ2) is 6.00. The molecule has 0 radical (unpaired) electrons. The van der Waals surface area contributed by atoms with Gasteiger partial charge >= 0.3 is 0 Å². The third-order valence-electron chi connectivity index (χ3n) is 4.14. The number of hydrogen-bond donors (Lipinski definition) is 0. The van der Waals surface area contributed by atoms with E-state index in [1.165, 1.54) is 22.3 Å². The van der Waals surface area contributed by atoms with Gasteiger partial charge in [0.25, 0.3) is 0 Å². The van der Waals surface area contributed by atoms with E-state index in [-0.39, 0.29) is 5.41 Å². The van der Waals surface area contributed by atoms with Gasteiger partial charge in [0.1, 0.15) is 0 Å². The van der Waals surface area contributed by atoms with Gasteiger partial charge < -0.3 is 0 Å². The average molecular weight is 301 g/mol. The fourth-order valence-electron chi connectivity index (χ4n) is 2.69. The second-order valence-corrected chi connectivity index (χ2v) is 7.13. The van der Waals surface area contributed by atoms with Crippen LogP contribution in [-0.4, -0.2) is 4.98 Å². The fourth-order valence-corrected chi connectivity index (χ4v) is 2.69. The second-order valence-electron chi connectivity index (χ2n) is 7.13. The van der Waals surface area contributed by atoms with Crippen molar-refractivity contribution in [3.05, 3.63) is 78.0 Å². The van der Waals surface area contributed by atoms with Crippen molar-refractivity contribution in [2.24, 2.45) is 0 Å². The van der Waals surface area contributed by atoms with E-state index < -0.39 is 0 Å². The summed E-state index contributed by atoms with van der Waals surface area (Å²) in [5.74, 6) is 0. The summed E-state index contributed by atoms with van der Waals surface area (Å²) in [6, 6.07) is 21.5. The summed E-state index contributed by atoms with van der Waals surface area (Å²) in [6.07, 6.45) is 1.99. The molecule has 1 heteroatoms. The number of pyridine rings is 1. The normalized spacial score (nSPS) is 11.5. The van der Waals surface area contributed by atoms with Gasteiger partial charge in [-0.15, -0.1) is 0 Å². The zero-order valence-corrected chi connectivity index (χ0v) is 14.3. The first-order valence-electron chi connectivity index (χ1n) is 8.07. The molecule has 0 aliphatic heterocycles. The molecule has 116 valence electrons. The van der Waals surface area contributed by atoms with Crippen LogP contribution >= 0.6 is 0 Å². The topological polar surface area (TPSA) is 12.9 Å². The van der Waals surface area contributed by atoms with Gasteiger partial charge in [0.15, 0.2) is 0 Å². The highest BCUT2D eigenvalue weighted by Crippen LogP contribution is 2.27. The minimum Gasteiger partial charge on any atom is -0.256 e. The van der Waals surface area contributed by atoms with Crippen LogP contribution in [0.1, 0.15) is 31.9 Å². The lowest BCUT2D eigenvalue weighted by atomic mass is 9.88. The highest BCUT2D eigenvalue weighted by Gasteiger charge is 2.14. The van der Waals surface area contributed by atoms with E-state index >= 15 is 0 Å². The van der Waals surface area contributed by atoms with E-state index in [9.17, 15) is 0 Å². The van der Waals surface area contributed by atoms with Crippen molar-refractivity contribution in [3.63, 3.8) is 0 Å². The molecule has 0 atom stereocenters. The van der Waals surface area contributed by atoms with E-state index in [0.717, 1.165) is 11.3 Å². The molecule has 0 unspecified atom stereocenters. The molecule has 3 aromatic rings. The molecule has 2 aromatic carbocycles. The summed E-state index contributed by atoms with van der Waals surface area (Å²) in [6.45, 7) is 8.76. The van der Waals surface area contributed by atoms with E-state index in [1.807, 2.05) is 6.20 Å². The number of benzene rings is 2. The lowest BCUT2D eigenvalue weighted by Gasteiger charge is -2.18. The largest absolute Gasteiger partial charge is 0.256 e. The van der Waals surface area contributed by atoms with Crippen molar-refractivity contribution >= 4 is 0 Å². The van der Waals surface area contributed by atoms with Crippen LogP contribution in [0.15, 0.2) is 66.9 Å². The molecule has 0 bridgehead atoms. The maximum Gasteiger partial charge on any atom is 0.0702 e. The lowest BCUT2D eigenvalue weighted by Crippen LogP contribution is -2.11. The number of hydrogen-bond acceptors (Lipinski definition) is 1. The Morgan fingerprint density at radius 2 is 1.39 bits per heavy atom. The van der Waals surface area contributed by atoms with Gasteiger partial charge in [0.05, 0.1) is 5.69 Å². The first-order chi connectivity index (χ1) is 10.9. The van der Waals surface area contributed by atoms with Crippen molar-refractivity contribution in [2.45, 2.75) is 33.1 Å². The third-order valence-corrected chi connectivity index (χ3v) is 4.14. The average Bonchev–Trinajstić information content (AvgIpc) is 2.54. The number of aromatic nitrogens is 1. The molecule has 0 aliphatic rings. The molecule has 0 spiro atoms. The van der Waals surface area contributed by atoms with Crippen molar-refractivity contribution in [3.8, 4) is 22.4 Å². The standard InChI is InChI=1S/C22H23N/c1-16-7-5-8-17(13-16)18-9-6-10-19(14-18)21-12-11-20(15-23-21)22(2,3)4/h5-15H,1-4H3. The summed E-state index contributed by atoms with van der Waals surface area (Å²) in [7, 11) is 0. The van der Waals surface area contributed by atoms with Gasteiger partial charge in [0.2, 0.25) is 0 Å². The summed E-state index contributed by atoms with van der Waals surface area (Å²) < 4.78 is 0. The Labute approximate surface area is 139 Å². The molecule has 1 nitrogen and oxygen atoms in total. The van der Waals surface area contributed by atoms with Crippen LogP contribution in [0, 0.1) is 6.92 Å². The highest BCUT2D eigenvalue weighted by molar-refractivity contribution is 5.71. The molecule has 0 fully saturated rings. The zero-order valence-electron chi connectivity index (χ0n) is 14.3. The Hall–Kier alpha value is -2.41. The van der Waals surface area contributed by atoms with E-state index in [0.29, 0.717) is 0 Å². The maximum absolute atomic E-state index is 4.67. The minimum atomic E-state index is 0.134. The Bertz CT molecular complexity index is 808. The molecule has 23 heavy (non-hydrogen) atoms. The van der Waals surface area contributed by atoms with Crippen molar-refractivity contribution in [2.75, 3.05) is 0 Å². The molecule has 1 aromatic heterocycles. The quantitative estimate of drug-likeness (QED) is 0.564. The fraction of sp³-hybridized carbons (Fsp3) is 0.227. The van der Waals surface area contributed by atoms with Gasteiger partial charge in [-0.25, -0.2) is 0 Å². The number of nitrogens with zero attached hydrogens (tertiary/aromatic N) is 1. The first kappa shape index (κ1) is 15.5. The Morgan fingerprint density at radius 3 is 2.00 bits per heavy atom. The summed E-state index contributed by atoms with van der Waals surface area (Å²) >= 11 is 0. The van der Waals surface area contributed by atoms with Crippen LogP contribution in [0.5, 0.6) is 0 Å². The third kappa shape index (κ3) is 3.50. The highest BCUT2D eigenvalue weighted by atomic mass is 14.7. The molecule has 0 N–H and O–H groups in total. The summed E-state index contributed by atoms with van der Waals surface area (Å²) in [5, 5.41) is 0. The molecule has 1 heterocycles. The molecule has 0 amide bonds. The smallest absolute Gasteiger partial charge is 0.0702 e. The van der Waals surface area contributed by atoms with Crippen LogP contribution in [0.4, 0.5) is 0 Å². The van der Waals surface area contributed by atoms with Crippen LogP contribution in [0.25, 0.3) is 22.4 Å². The van der Waals surface area contributed by atoms with Gasteiger partial charge in [-0.1, -0.05) is 74.9 Å². The van der Waals surface area contributed by atoms with Crippen molar-refractivity contribution < 1.29 is 0 Å². The van der Waals surface area contributed by atoms with Crippen LogP contribution in [0.2, 0.25) is 0 Å². The van der Waals surface area contributed by atoms with E-state index in [1.54, 1.807) is 0 Å². The van der Waals surface area contributed by atoms with Crippen LogP contribution in [-0.2, 0) is 5.41 Å². The number of rotatable bonds is 2. The Kier molecular flexibility index (Phi) is 4.04. The summed E-state index contributed by atoms with van der Waals surface area (Å²) in [4.78, 5) is 4.67. The SMILES string of the molecule is Cc1cccc(-c2cccc(-c3ccc(C(C)(C)C)cn3)c2)c1. The molecular weight excluding hydrogens is 278 g/mol. The van der Waals surface area contributed by atoms with Crippen LogP contribution in [0.3, 0.4) is 0 Å². The Morgan fingerprint density at radius 1 is 0.739 bits per heavy atom. The van der Waals surface area contributed by atoms with Crippen molar-refractivity contribution in [1.82, 2.24) is 4.98 Å². The van der Waals surface area contributed by atoms with Gasteiger partial charge in [0, 0.05) is 11.8 Å². The zero-order chi connectivity index (χ0) is 16.4. The van der Waals surface area contributed by atoms with E-state index in [2.05, 4.69) is 93.3 Å².